The molecule has 0 spiro atoms. The molecule has 0 atom stereocenters. The zero-order valence-electron chi connectivity index (χ0n) is 18.7. The lowest BCUT2D eigenvalue weighted by Gasteiger charge is -2.37. The summed E-state index contributed by atoms with van der Waals surface area (Å²) in [6, 6.07) is 7.93. The van der Waals surface area contributed by atoms with Crippen LogP contribution in [0.1, 0.15) is 12.5 Å². The molecule has 0 aliphatic carbocycles. The summed E-state index contributed by atoms with van der Waals surface area (Å²) < 4.78 is 2.24. The van der Waals surface area contributed by atoms with Gasteiger partial charge < -0.3 is 14.6 Å². The van der Waals surface area contributed by atoms with E-state index in [2.05, 4.69) is 16.4 Å². The molecule has 33 heavy (non-hydrogen) atoms. The number of pyridine rings is 1. The predicted octanol–water partition coefficient (Wildman–Crippen LogP) is 2.52. The van der Waals surface area contributed by atoms with Crippen molar-refractivity contribution in [2.75, 3.05) is 50.8 Å². The fraction of sp³-hybridized carbons (Fsp3) is 0.375. The van der Waals surface area contributed by atoms with Crippen LogP contribution in [0.3, 0.4) is 0 Å². The number of para-hydroxylation sites is 1. The minimum atomic E-state index is -0.195. The van der Waals surface area contributed by atoms with Crippen molar-refractivity contribution in [1.82, 2.24) is 14.4 Å². The Hall–Kier alpha value is -2.46. The summed E-state index contributed by atoms with van der Waals surface area (Å²) in [7, 11) is 0. The molecule has 1 aromatic carbocycles. The van der Waals surface area contributed by atoms with Gasteiger partial charge >= 0.3 is 0 Å². The molecule has 2 fully saturated rings. The van der Waals surface area contributed by atoms with Crippen LogP contribution in [0.5, 0.6) is 0 Å². The molecule has 0 unspecified atom stereocenters. The maximum absolute atomic E-state index is 13.7. The number of hydrogen-bond donors (Lipinski definition) is 1. The fourth-order valence-electron chi connectivity index (χ4n) is 4.45. The molecule has 2 aliphatic heterocycles. The van der Waals surface area contributed by atoms with Gasteiger partial charge in [0.2, 0.25) is 0 Å². The fourth-order valence-corrected chi connectivity index (χ4v) is 5.71. The van der Waals surface area contributed by atoms with Crippen molar-refractivity contribution in [3.63, 3.8) is 0 Å². The number of piperazine rings is 1. The molecular formula is C24H28N4O3S2. The van der Waals surface area contributed by atoms with Crippen LogP contribution in [-0.2, 0) is 11.3 Å². The highest BCUT2D eigenvalue weighted by Gasteiger charge is 2.32. The topological polar surface area (TPSA) is 69.0 Å². The van der Waals surface area contributed by atoms with Crippen molar-refractivity contribution < 1.29 is 9.90 Å². The molecule has 7 nitrogen and oxygen atoms in total. The van der Waals surface area contributed by atoms with E-state index in [1.165, 1.54) is 16.7 Å². The number of fused-ring (bicyclic) bond motifs is 1. The summed E-state index contributed by atoms with van der Waals surface area (Å²) in [5, 5.41) is 10.3. The molecule has 2 saturated heterocycles. The molecule has 174 valence electrons. The van der Waals surface area contributed by atoms with Gasteiger partial charge in [0.25, 0.3) is 11.5 Å². The van der Waals surface area contributed by atoms with Crippen LogP contribution in [0.15, 0.2) is 46.6 Å². The first-order chi connectivity index (χ1) is 16.0. The number of aliphatic hydroxyl groups is 1. The summed E-state index contributed by atoms with van der Waals surface area (Å²) in [6.07, 6.45) is 3.36. The number of nitrogens with zero attached hydrogens (tertiary/aromatic N) is 4. The number of carbonyl (C=O) groups is 1. The highest BCUT2D eigenvalue weighted by atomic mass is 32.2. The third kappa shape index (κ3) is 4.50. The number of thiocarbonyl (C=S) groups is 1. The van der Waals surface area contributed by atoms with Gasteiger partial charge in [0.15, 0.2) is 0 Å². The van der Waals surface area contributed by atoms with Gasteiger partial charge in [-0.05, 0) is 19.1 Å². The summed E-state index contributed by atoms with van der Waals surface area (Å²) in [5.74, 6) is -0.195. The minimum Gasteiger partial charge on any atom is -0.395 e. The number of aryl methyl sites for hydroxylation is 1. The maximum atomic E-state index is 13.7. The second-order valence-corrected chi connectivity index (χ2v) is 9.64. The van der Waals surface area contributed by atoms with Crippen LogP contribution >= 0.6 is 24.0 Å². The van der Waals surface area contributed by atoms with Gasteiger partial charge in [-0.15, -0.1) is 6.58 Å². The van der Waals surface area contributed by atoms with Crippen molar-refractivity contribution in [2.45, 2.75) is 13.5 Å². The van der Waals surface area contributed by atoms with E-state index in [0.717, 1.165) is 42.8 Å². The first kappa shape index (κ1) is 23.7. The monoisotopic (exact) mass is 484 g/mol. The van der Waals surface area contributed by atoms with Crippen molar-refractivity contribution in [3.8, 4) is 0 Å². The third-order valence-electron chi connectivity index (χ3n) is 6.06. The van der Waals surface area contributed by atoms with Crippen molar-refractivity contribution >= 4 is 56.9 Å². The molecule has 1 N–H and O–H groups in total. The molecule has 4 rings (SSSR count). The van der Waals surface area contributed by atoms with Crippen LogP contribution in [0.25, 0.3) is 17.0 Å². The van der Waals surface area contributed by atoms with Gasteiger partial charge in [-0.2, -0.15) is 0 Å². The van der Waals surface area contributed by atoms with E-state index in [0.29, 0.717) is 34.4 Å². The number of rotatable bonds is 7. The average molecular weight is 485 g/mol. The number of anilines is 1. The number of amides is 1. The molecule has 0 radical (unpaired) electrons. The van der Waals surface area contributed by atoms with Gasteiger partial charge in [-0.3, -0.25) is 19.4 Å². The Kier molecular flexibility index (Phi) is 7.33. The number of hydrogen-bond acceptors (Lipinski definition) is 7. The van der Waals surface area contributed by atoms with Crippen molar-refractivity contribution in [2.24, 2.45) is 0 Å². The molecule has 1 amide bonds. The number of thioether (sulfide) groups is 1. The summed E-state index contributed by atoms with van der Waals surface area (Å²) >= 11 is 6.62. The zero-order chi connectivity index (χ0) is 23.5. The Morgan fingerprint density at radius 3 is 2.58 bits per heavy atom. The van der Waals surface area contributed by atoms with Crippen LogP contribution in [0, 0.1) is 0 Å². The SMILES string of the molecule is C=CCN1C(=O)C(=Cc2c(N3CCN(CCO)CC3)c3ccccc3n(CC)c2=O)SC1=S. The zero-order valence-corrected chi connectivity index (χ0v) is 20.3. The highest BCUT2D eigenvalue weighted by molar-refractivity contribution is 8.26. The minimum absolute atomic E-state index is 0.113. The molecule has 0 bridgehead atoms. The Labute approximate surface area is 203 Å². The molecular weight excluding hydrogens is 456 g/mol. The largest absolute Gasteiger partial charge is 0.395 e. The van der Waals surface area contributed by atoms with E-state index >= 15 is 0 Å². The average Bonchev–Trinajstić information content (AvgIpc) is 3.08. The van der Waals surface area contributed by atoms with E-state index in [4.69, 9.17) is 12.2 Å². The smallest absolute Gasteiger partial charge is 0.266 e. The highest BCUT2D eigenvalue weighted by Crippen LogP contribution is 2.36. The molecule has 0 saturated carbocycles. The van der Waals surface area contributed by atoms with Crippen LogP contribution in [-0.4, -0.2) is 75.6 Å². The Morgan fingerprint density at radius 2 is 1.91 bits per heavy atom. The van der Waals surface area contributed by atoms with Gasteiger partial charge in [0, 0.05) is 51.2 Å². The number of aromatic nitrogens is 1. The Balaban J connectivity index is 1.87. The van der Waals surface area contributed by atoms with E-state index in [-0.39, 0.29) is 18.1 Å². The molecule has 3 heterocycles. The molecule has 2 aromatic rings. The van der Waals surface area contributed by atoms with E-state index in [1.807, 2.05) is 31.2 Å². The van der Waals surface area contributed by atoms with Crippen LogP contribution < -0.4 is 10.5 Å². The lowest BCUT2D eigenvalue weighted by molar-refractivity contribution is -0.121. The van der Waals surface area contributed by atoms with Gasteiger partial charge in [0.05, 0.1) is 28.3 Å². The first-order valence-electron chi connectivity index (χ1n) is 11.1. The quantitative estimate of drug-likeness (QED) is 0.368. The van der Waals surface area contributed by atoms with Gasteiger partial charge in [0.1, 0.15) is 4.32 Å². The Bertz CT molecular complexity index is 1180. The van der Waals surface area contributed by atoms with Gasteiger partial charge in [-0.25, -0.2) is 0 Å². The normalized spacial score (nSPS) is 18.7. The summed E-state index contributed by atoms with van der Waals surface area (Å²) in [6.45, 7) is 10.4. The van der Waals surface area contributed by atoms with E-state index in [9.17, 15) is 14.7 Å². The number of benzene rings is 1. The molecule has 1 aromatic heterocycles. The van der Waals surface area contributed by atoms with Gasteiger partial charge in [-0.1, -0.05) is 48.3 Å². The van der Waals surface area contributed by atoms with Crippen LogP contribution in [0.4, 0.5) is 5.69 Å². The lowest BCUT2D eigenvalue weighted by Crippen LogP contribution is -2.48. The second kappa shape index (κ2) is 10.2. The number of carbonyl (C=O) groups excluding carboxylic acids is 1. The standard InChI is InChI=1S/C24H28N4O3S2/c1-3-9-28-23(31)20(33-24(28)32)16-18-21(26-12-10-25(11-13-26)14-15-29)17-7-5-6-8-19(17)27(4-2)22(18)30/h3,5-8,16,29H,1,4,9-15H2,2H3. The van der Waals surface area contributed by atoms with Crippen molar-refractivity contribution in [1.29, 1.82) is 0 Å². The first-order valence-corrected chi connectivity index (χ1v) is 12.3. The Morgan fingerprint density at radius 1 is 1.18 bits per heavy atom. The van der Waals surface area contributed by atoms with Crippen molar-refractivity contribution in [3.05, 3.63) is 57.7 Å². The van der Waals surface area contributed by atoms with E-state index < -0.39 is 0 Å². The maximum Gasteiger partial charge on any atom is 0.266 e. The summed E-state index contributed by atoms with van der Waals surface area (Å²) in [5.41, 5.74) is 2.15. The lowest BCUT2D eigenvalue weighted by atomic mass is 10.0. The second-order valence-electron chi connectivity index (χ2n) is 7.96. The number of aliphatic hydroxyl groups excluding tert-OH is 1. The molecule has 9 heteroatoms. The number of β-amino-alcohol motifs (C(OH)–C–C–N with tert-alkyl or cyclic N) is 1. The third-order valence-corrected chi connectivity index (χ3v) is 7.44. The predicted molar refractivity (Wildman–Crippen MR) is 140 cm³/mol. The van der Waals surface area contributed by atoms with E-state index in [1.54, 1.807) is 16.7 Å². The molecule has 2 aliphatic rings. The summed E-state index contributed by atoms with van der Waals surface area (Å²) in [4.78, 5) is 33.1. The van der Waals surface area contributed by atoms with Crippen LogP contribution in [0.2, 0.25) is 0 Å².